The van der Waals surface area contributed by atoms with Crippen molar-refractivity contribution < 1.29 is 23.4 Å². The zero-order valence-corrected chi connectivity index (χ0v) is 23.6. The lowest BCUT2D eigenvalue weighted by Gasteiger charge is -2.42. The number of benzene rings is 2. The average Bonchev–Trinajstić information content (AvgIpc) is 2.98. The lowest BCUT2D eigenvalue weighted by atomic mass is 9.79. The number of esters is 1. The van der Waals surface area contributed by atoms with Crippen molar-refractivity contribution in [3.63, 3.8) is 0 Å². The number of hydrogen-bond acceptors (Lipinski definition) is 6. The lowest BCUT2D eigenvalue weighted by molar-refractivity contribution is -0.137. The van der Waals surface area contributed by atoms with Crippen LogP contribution in [0.4, 0.5) is 11.4 Å². The van der Waals surface area contributed by atoms with Gasteiger partial charge < -0.3 is 14.4 Å². The Kier molecular flexibility index (Phi) is 10.5. The Morgan fingerprint density at radius 2 is 1.73 bits per heavy atom. The van der Waals surface area contributed by atoms with Gasteiger partial charge in [0, 0.05) is 29.5 Å². The zero-order valence-electron chi connectivity index (χ0n) is 22.7. The highest BCUT2D eigenvalue weighted by molar-refractivity contribution is 8.24. The van der Waals surface area contributed by atoms with Crippen molar-refractivity contribution in [2.75, 3.05) is 23.8 Å². The van der Waals surface area contributed by atoms with Crippen LogP contribution in [0, 0.1) is 5.41 Å². The highest BCUT2D eigenvalue weighted by atomic mass is 32.3. The molecule has 0 bridgehead atoms. The van der Waals surface area contributed by atoms with Gasteiger partial charge in [-0.25, -0.2) is 4.79 Å². The molecular formula is C30H43NO5S. The first-order valence-electron chi connectivity index (χ1n) is 13.5. The van der Waals surface area contributed by atoms with Gasteiger partial charge in [0.2, 0.25) is 0 Å². The molecule has 1 aliphatic rings. The van der Waals surface area contributed by atoms with Crippen LogP contribution >= 0.6 is 10.6 Å². The third-order valence-corrected chi connectivity index (χ3v) is 9.09. The van der Waals surface area contributed by atoms with Crippen LogP contribution in [0.15, 0.2) is 59.7 Å². The van der Waals surface area contributed by atoms with Crippen LogP contribution in [-0.2, 0) is 16.0 Å². The molecule has 0 unspecified atom stereocenters. The number of nitrogens with zero attached hydrogens (tertiary/aromatic N) is 1. The molecule has 204 valence electrons. The SMILES string of the molecule is CCCCC1(CCCC)CN(c2ccccc2)c2cc(CC)c(O/C=C\C(=O)OCC)cc2S(O)(O)C1. The maximum atomic E-state index is 11.7. The second-order valence-corrected chi connectivity index (χ2v) is 12.0. The fraction of sp³-hybridized carbons (Fsp3) is 0.500. The third-order valence-electron chi connectivity index (χ3n) is 7.04. The van der Waals surface area contributed by atoms with Crippen molar-refractivity contribution in [2.24, 2.45) is 5.41 Å². The van der Waals surface area contributed by atoms with E-state index in [4.69, 9.17) is 9.47 Å². The molecule has 2 N–H and O–H groups in total. The number of rotatable bonds is 12. The second-order valence-electron chi connectivity index (χ2n) is 9.89. The molecule has 2 aromatic rings. The predicted octanol–water partition coefficient (Wildman–Crippen LogP) is 8.33. The Bertz CT molecular complexity index is 1050. The van der Waals surface area contributed by atoms with Crippen LogP contribution in [0.25, 0.3) is 0 Å². The van der Waals surface area contributed by atoms with Gasteiger partial charge in [-0.05, 0) is 49.9 Å². The van der Waals surface area contributed by atoms with Crippen molar-refractivity contribution in [3.8, 4) is 5.75 Å². The van der Waals surface area contributed by atoms with Crippen molar-refractivity contribution in [3.05, 3.63) is 60.4 Å². The molecule has 6 nitrogen and oxygen atoms in total. The van der Waals surface area contributed by atoms with Crippen LogP contribution in [0.5, 0.6) is 5.75 Å². The molecular weight excluding hydrogens is 486 g/mol. The molecule has 0 atom stereocenters. The highest BCUT2D eigenvalue weighted by Crippen LogP contribution is 2.61. The van der Waals surface area contributed by atoms with Gasteiger partial charge in [0.05, 0.1) is 29.5 Å². The van der Waals surface area contributed by atoms with Crippen molar-refractivity contribution in [1.29, 1.82) is 0 Å². The average molecular weight is 530 g/mol. The van der Waals surface area contributed by atoms with Crippen LogP contribution < -0.4 is 9.64 Å². The van der Waals surface area contributed by atoms with Gasteiger partial charge in [0.15, 0.2) is 0 Å². The van der Waals surface area contributed by atoms with E-state index < -0.39 is 16.6 Å². The van der Waals surface area contributed by atoms with Gasteiger partial charge in [-0.3, -0.25) is 9.11 Å². The minimum absolute atomic E-state index is 0.225. The first-order chi connectivity index (χ1) is 17.8. The number of anilines is 2. The van der Waals surface area contributed by atoms with E-state index in [1.807, 2.05) is 31.2 Å². The van der Waals surface area contributed by atoms with E-state index in [1.54, 1.807) is 13.0 Å². The summed E-state index contributed by atoms with van der Waals surface area (Å²) in [6.07, 6.45) is 9.36. The number of unbranched alkanes of at least 4 members (excludes halogenated alkanes) is 2. The molecule has 37 heavy (non-hydrogen) atoms. The van der Waals surface area contributed by atoms with Crippen LogP contribution in [-0.4, -0.2) is 34.0 Å². The Hall–Kier alpha value is -2.48. The van der Waals surface area contributed by atoms with E-state index in [-0.39, 0.29) is 12.0 Å². The number of hydrogen-bond donors (Lipinski definition) is 2. The summed E-state index contributed by atoms with van der Waals surface area (Å²) in [4.78, 5) is 14.5. The Morgan fingerprint density at radius 3 is 2.32 bits per heavy atom. The number of aryl methyl sites for hydroxylation is 1. The maximum absolute atomic E-state index is 11.7. The molecule has 7 heteroatoms. The fourth-order valence-corrected chi connectivity index (χ4v) is 7.33. The summed E-state index contributed by atoms with van der Waals surface area (Å²) in [5, 5.41) is 0. The first-order valence-corrected chi connectivity index (χ1v) is 15.3. The monoisotopic (exact) mass is 529 g/mol. The molecule has 0 aromatic heterocycles. The van der Waals surface area contributed by atoms with Gasteiger partial charge in [0.1, 0.15) is 5.75 Å². The molecule has 0 amide bonds. The predicted molar refractivity (Wildman–Crippen MR) is 153 cm³/mol. The van der Waals surface area contributed by atoms with Crippen LogP contribution in [0.2, 0.25) is 0 Å². The minimum atomic E-state index is -3.12. The molecule has 1 heterocycles. The molecule has 3 rings (SSSR count). The highest BCUT2D eigenvalue weighted by Gasteiger charge is 2.42. The van der Waals surface area contributed by atoms with Gasteiger partial charge in [-0.2, -0.15) is 10.6 Å². The summed E-state index contributed by atoms with van der Waals surface area (Å²) in [5.74, 6) is 0.371. The summed E-state index contributed by atoms with van der Waals surface area (Å²) in [6.45, 7) is 9.18. The van der Waals surface area contributed by atoms with E-state index in [9.17, 15) is 13.9 Å². The molecule has 0 saturated heterocycles. The van der Waals surface area contributed by atoms with Gasteiger partial charge in [-0.1, -0.05) is 64.7 Å². The second kappa shape index (κ2) is 13.4. The largest absolute Gasteiger partial charge is 0.464 e. The summed E-state index contributed by atoms with van der Waals surface area (Å²) in [6, 6.07) is 14.0. The normalized spacial score (nSPS) is 17.2. The number of ether oxygens (including phenoxy) is 2. The molecule has 2 aromatic carbocycles. The van der Waals surface area contributed by atoms with Crippen molar-refractivity contribution in [2.45, 2.75) is 77.5 Å². The minimum Gasteiger partial charge on any atom is -0.464 e. The Labute approximate surface area is 224 Å². The molecule has 0 fully saturated rings. The standard InChI is InChI=1S/C30H43NO5S/c1-5-9-17-30(18-10-6-2)22-31(25-14-12-11-13-15-25)26-20-24(7-3)27(21-28(26)37(33,34)23-30)36-19-16-29(32)35-8-4/h11-16,19-21,33-34H,5-10,17-18,22-23H2,1-4H3/b19-16-. The molecule has 0 aliphatic carbocycles. The summed E-state index contributed by atoms with van der Waals surface area (Å²) < 4.78 is 34.3. The van der Waals surface area contributed by atoms with Gasteiger partial charge in [-0.15, -0.1) is 0 Å². The van der Waals surface area contributed by atoms with Crippen molar-refractivity contribution >= 4 is 27.9 Å². The molecule has 0 spiro atoms. The van der Waals surface area contributed by atoms with Gasteiger partial charge >= 0.3 is 5.97 Å². The summed E-state index contributed by atoms with van der Waals surface area (Å²) in [7, 11) is -3.12. The topological polar surface area (TPSA) is 79.2 Å². The summed E-state index contributed by atoms with van der Waals surface area (Å²) in [5.41, 5.74) is 2.56. The zero-order chi connectivity index (χ0) is 26.9. The Balaban J connectivity index is 2.15. The maximum Gasteiger partial charge on any atom is 0.333 e. The Morgan fingerprint density at radius 1 is 1.05 bits per heavy atom. The third kappa shape index (κ3) is 7.30. The molecule has 1 aliphatic heterocycles. The summed E-state index contributed by atoms with van der Waals surface area (Å²) >= 11 is 0. The fourth-order valence-electron chi connectivity index (χ4n) is 5.15. The van der Waals surface area contributed by atoms with E-state index in [2.05, 4.69) is 30.9 Å². The van der Waals surface area contributed by atoms with Crippen molar-refractivity contribution in [1.82, 2.24) is 0 Å². The molecule has 0 radical (unpaired) electrons. The number of carbonyl (C=O) groups is 1. The van der Waals surface area contributed by atoms with Gasteiger partial charge in [0.25, 0.3) is 0 Å². The molecule has 0 saturated carbocycles. The van der Waals surface area contributed by atoms with E-state index in [0.29, 0.717) is 22.8 Å². The number of fused-ring (bicyclic) bond motifs is 1. The van der Waals surface area contributed by atoms with Crippen LogP contribution in [0.3, 0.4) is 0 Å². The lowest BCUT2D eigenvalue weighted by Crippen LogP contribution is -2.37. The van der Waals surface area contributed by atoms with E-state index in [0.717, 1.165) is 62.0 Å². The quantitative estimate of drug-likeness (QED) is 0.163. The van der Waals surface area contributed by atoms with E-state index >= 15 is 0 Å². The van der Waals surface area contributed by atoms with E-state index in [1.165, 1.54) is 12.3 Å². The smallest absolute Gasteiger partial charge is 0.333 e. The number of para-hydroxylation sites is 1. The number of carbonyl (C=O) groups excluding carboxylic acids is 1. The first kappa shape index (κ1) is 29.1. The van der Waals surface area contributed by atoms with Crippen LogP contribution in [0.1, 0.15) is 71.8 Å².